The van der Waals surface area contributed by atoms with Gasteiger partial charge in [0.25, 0.3) is 0 Å². The molecule has 1 saturated heterocycles. The van der Waals surface area contributed by atoms with E-state index < -0.39 is 18.2 Å². The van der Waals surface area contributed by atoms with Gasteiger partial charge in [0.05, 0.1) is 5.56 Å². The molecule has 7 nitrogen and oxygen atoms in total. The van der Waals surface area contributed by atoms with E-state index in [4.69, 9.17) is 4.74 Å². The second-order valence-electron chi connectivity index (χ2n) is 7.45. The van der Waals surface area contributed by atoms with Gasteiger partial charge in [-0.05, 0) is 38.7 Å². The molecule has 2 aromatic rings. The van der Waals surface area contributed by atoms with E-state index in [0.29, 0.717) is 29.0 Å². The number of aliphatic imine (C=N–C) groups is 1. The molecule has 1 fully saturated rings. The zero-order valence-corrected chi connectivity index (χ0v) is 18.6. The Balaban J connectivity index is 1.96. The van der Waals surface area contributed by atoms with Crippen molar-refractivity contribution in [2.45, 2.75) is 44.1 Å². The standard InChI is InChI=1S/C21H25F3N4O3S/c1-12(29)31-19(21(22,23)24)13-8-16(20-27-6-7-32-20)18(17(9-13)26-3)30-11-15-5-4-14(28-15)10-25-2/h6-9,14-15,19,25,28H,3-5,10-11H2,1-2H3. The zero-order chi connectivity index (χ0) is 23.3. The van der Waals surface area contributed by atoms with Crippen molar-refractivity contribution in [3.8, 4) is 16.3 Å². The summed E-state index contributed by atoms with van der Waals surface area (Å²) in [5.74, 6) is -0.749. The van der Waals surface area contributed by atoms with Crippen LogP contribution >= 0.6 is 11.3 Å². The van der Waals surface area contributed by atoms with Crippen LogP contribution in [-0.4, -0.2) is 56.1 Å². The van der Waals surface area contributed by atoms with Gasteiger partial charge in [-0.3, -0.25) is 9.79 Å². The number of aromatic nitrogens is 1. The topological polar surface area (TPSA) is 84.8 Å². The summed E-state index contributed by atoms with van der Waals surface area (Å²) >= 11 is 1.25. The highest BCUT2D eigenvalue weighted by molar-refractivity contribution is 7.13. The van der Waals surface area contributed by atoms with Crippen LogP contribution in [0.5, 0.6) is 5.75 Å². The first kappa shape index (κ1) is 24.1. The van der Waals surface area contributed by atoms with Crippen molar-refractivity contribution in [1.29, 1.82) is 0 Å². The molecule has 2 heterocycles. The molecule has 32 heavy (non-hydrogen) atoms. The second-order valence-corrected chi connectivity index (χ2v) is 8.34. The Morgan fingerprint density at radius 3 is 2.75 bits per heavy atom. The van der Waals surface area contributed by atoms with Gasteiger partial charge < -0.3 is 20.1 Å². The van der Waals surface area contributed by atoms with Crippen molar-refractivity contribution in [3.05, 3.63) is 29.3 Å². The predicted molar refractivity (Wildman–Crippen MR) is 117 cm³/mol. The molecular weight excluding hydrogens is 445 g/mol. The molecule has 0 spiro atoms. The molecule has 1 aliphatic rings. The van der Waals surface area contributed by atoms with Crippen LogP contribution in [0.25, 0.3) is 10.6 Å². The van der Waals surface area contributed by atoms with Crippen molar-refractivity contribution >= 4 is 29.7 Å². The molecule has 0 bridgehead atoms. The number of carbonyl (C=O) groups excluding carboxylic acids is 1. The van der Waals surface area contributed by atoms with Gasteiger partial charge in [-0.25, -0.2) is 4.98 Å². The summed E-state index contributed by atoms with van der Waals surface area (Å²) < 4.78 is 51.6. The van der Waals surface area contributed by atoms with E-state index in [-0.39, 0.29) is 17.3 Å². The van der Waals surface area contributed by atoms with E-state index in [0.717, 1.165) is 26.3 Å². The molecule has 0 amide bonds. The first-order valence-electron chi connectivity index (χ1n) is 10.0. The molecule has 174 valence electrons. The fraction of sp³-hybridized carbons (Fsp3) is 0.476. The summed E-state index contributed by atoms with van der Waals surface area (Å²) in [6, 6.07) is 2.91. The molecule has 0 radical (unpaired) electrons. The summed E-state index contributed by atoms with van der Waals surface area (Å²) in [4.78, 5) is 19.5. The number of nitrogens with one attached hydrogen (secondary N) is 2. The molecule has 1 aliphatic heterocycles. The quantitative estimate of drug-likeness (QED) is 0.425. The summed E-state index contributed by atoms with van der Waals surface area (Å²) in [5, 5.41) is 8.77. The Kier molecular flexibility index (Phi) is 7.86. The average molecular weight is 471 g/mol. The van der Waals surface area contributed by atoms with Gasteiger partial charge in [0.1, 0.15) is 17.3 Å². The third-order valence-electron chi connectivity index (χ3n) is 5.02. The lowest BCUT2D eigenvalue weighted by Gasteiger charge is -2.23. The summed E-state index contributed by atoms with van der Waals surface area (Å²) in [6.07, 6.45) is -3.78. The molecule has 3 rings (SSSR count). The third kappa shape index (κ3) is 5.84. The molecule has 2 N–H and O–H groups in total. The Hall–Kier alpha value is -2.50. The normalized spacial score (nSPS) is 19.5. The maximum atomic E-state index is 13.6. The molecule has 0 saturated carbocycles. The van der Waals surface area contributed by atoms with Gasteiger partial charge in [0, 0.05) is 42.7 Å². The Morgan fingerprint density at radius 2 is 2.16 bits per heavy atom. The van der Waals surface area contributed by atoms with Crippen molar-refractivity contribution in [1.82, 2.24) is 15.6 Å². The van der Waals surface area contributed by atoms with E-state index >= 15 is 0 Å². The molecular formula is C21H25F3N4O3S. The van der Waals surface area contributed by atoms with E-state index in [9.17, 15) is 18.0 Å². The molecule has 1 aromatic carbocycles. The van der Waals surface area contributed by atoms with Crippen LogP contribution in [-0.2, 0) is 9.53 Å². The highest BCUT2D eigenvalue weighted by atomic mass is 32.1. The number of benzene rings is 1. The summed E-state index contributed by atoms with van der Waals surface area (Å²) in [6.45, 7) is 5.57. The number of halogens is 3. The molecule has 0 aliphatic carbocycles. The molecule has 3 unspecified atom stereocenters. The van der Waals surface area contributed by atoms with Crippen LogP contribution in [0.2, 0.25) is 0 Å². The number of carbonyl (C=O) groups is 1. The van der Waals surface area contributed by atoms with Crippen LogP contribution in [0.15, 0.2) is 28.7 Å². The van der Waals surface area contributed by atoms with E-state index in [1.54, 1.807) is 11.6 Å². The summed E-state index contributed by atoms with van der Waals surface area (Å²) in [7, 11) is 1.89. The van der Waals surface area contributed by atoms with Gasteiger partial charge >= 0.3 is 12.1 Å². The number of likely N-dealkylation sites (N-methyl/N-ethyl adjacent to an activating group) is 1. The van der Waals surface area contributed by atoms with Gasteiger partial charge in [0.2, 0.25) is 6.10 Å². The lowest BCUT2D eigenvalue weighted by molar-refractivity contribution is -0.222. The Bertz CT molecular complexity index is 937. The minimum absolute atomic E-state index is 0.0961. The van der Waals surface area contributed by atoms with Gasteiger partial charge in [-0.1, -0.05) is 0 Å². The number of rotatable bonds is 9. The van der Waals surface area contributed by atoms with Gasteiger partial charge in [-0.15, -0.1) is 11.3 Å². The van der Waals surface area contributed by atoms with Gasteiger partial charge in [0.15, 0.2) is 5.75 Å². The number of ether oxygens (including phenoxy) is 2. The minimum atomic E-state index is -4.80. The first-order chi connectivity index (χ1) is 15.2. The van der Waals surface area contributed by atoms with E-state index in [1.165, 1.54) is 23.5 Å². The number of nitrogens with zero attached hydrogens (tertiary/aromatic N) is 2. The predicted octanol–water partition coefficient (Wildman–Crippen LogP) is 4.03. The number of alkyl halides is 3. The lowest BCUT2D eigenvalue weighted by atomic mass is 10.0. The van der Waals surface area contributed by atoms with Crippen LogP contribution < -0.4 is 15.4 Å². The highest BCUT2D eigenvalue weighted by Crippen LogP contribution is 2.45. The Morgan fingerprint density at radius 1 is 1.41 bits per heavy atom. The SMILES string of the molecule is C=Nc1cc(C(OC(C)=O)C(F)(F)F)cc(-c2nccs2)c1OCC1CCC(CNC)N1. The average Bonchev–Trinajstić information content (AvgIpc) is 3.41. The first-order valence-corrected chi connectivity index (χ1v) is 10.9. The fourth-order valence-electron chi connectivity index (χ4n) is 3.69. The lowest BCUT2D eigenvalue weighted by Crippen LogP contribution is -2.38. The number of hydrogen-bond donors (Lipinski definition) is 2. The van der Waals surface area contributed by atoms with Crippen molar-refractivity contribution < 1.29 is 27.4 Å². The summed E-state index contributed by atoms with van der Waals surface area (Å²) in [5.41, 5.74) is 0.186. The second kappa shape index (κ2) is 10.4. The van der Waals surface area contributed by atoms with Crippen LogP contribution in [0.4, 0.5) is 18.9 Å². The minimum Gasteiger partial charge on any atom is -0.489 e. The zero-order valence-electron chi connectivity index (χ0n) is 17.7. The maximum Gasteiger partial charge on any atom is 0.429 e. The van der Waals surface area contributed by atoms with Gasteiger partial charge in [-0.2, -0.15) is 13.2 Å². The monoisotopic (exact) mass is 470 g/mol. The Labute approximate surface area is 188 Å². The van der Waals surface area contributed by atoms with E-state index in [1.807, 2.05) is 7.05 Å². The van der Waals surface area contributed by atoms with Crippen LogP contribution in [0.3, 0.4) is 0 Å². The van der Waals surface area contributed by atoms with E-state index in [2.05, 4.69) is 32.1 Å². The van der Waals surface area contributed by atoms with Crippen LogP contribution in [0, 0.1) is 0 Å². The molecule has 11 heteroatoms. The number of esters is 1. The third-order valence-corrected chi connectivity index (χ3v) is 5.83. The highest BCUT2D eigenvalue weighted by Gasteiger charge is 2.44. The number of hydrogen-bond acceptors (Lipinski definition) is 8. The number of thiazole rings is 1. The maximum absolute atomic E-state index is 13.6. The van der Waals surface area contributed by atoms with Crippen molar-refractivity contribution in [2.24, 2.45) is 4.99 Å². The molecule has 3 atom stereocenters. The fourth-order valence-corrected chi connectivity index (χ4v) is 4.34. The van der Waals surface area contributed by atoms with Crippen molar-refractivity contribution in [3.63, 3.8) is 0 Å². The van der Waals surface area contributed by atoms with Crippen LogP contribution in [0.1, 0.15) is 31.4 Å². The van der Waals surface area contributed by atoms with Crippen molar-refractivity contribution in [2.75, 3.05) is 20.2 Å². The largest absolute Gasteiger partial charge is 0.489 e. The molecule has 1 aromatic heterocycles. The smallest absolute Gasteiger partial charge is 0.429 e.